The van der Waals surface area contributed by atoms with Gasteiger partial charge in [0.1, 0.15) is 4.60 Å². The van der Waals surface area contributed by atoms with Crippen molar-refractivity contribution in [1.82, 2.24) is 19.5 Å². The van der Waals surface area contributed by atoms with Gasteiger partial charge in [-0.15, -0.1) is 0 Å². The van der Waals surface area contributed by atoms with Crippen LogP contribution in [0.2, 0.25) is 0 Å². The van der Waals surface area contributed by atoms with Crippen LogP contribution in [0.25, 0.3) is 5.57 Å². The zero-order valence-corrected chi connectivity index (χ0v) is 13.5. The number of imidazole rings is 1. The Hall–Kier alpha value is -1.14. The molecule has 2 rings (SSSR count). The average Bonchev–Trinajstić information content (AvgIpc) is 2.64. The van der Waals surface area contributed by atoms with Gasteiger partial charge in [0.05, 0.1) is 17.1 Å². The lowest BCUT2D eigenvalue weighted by molar-refractivity contribution is 0.779. The Morgan fingerprint density at radius 1 is 1.42 bits per heavy atom. The van der Waals surface area contributed by atoms with Crippen molar-refractivity contribution in [2.75, 3.05) is 6.26 Å². The summed E-state index contributed by atoms with van der Waals surface area (Å²) >= 11 is 5.10. The van der Waals surface area contributed by atoms with Crippen LogP contribution >= 0.6 is 27.7 Å². The standard InChI is InChI=1S/C13H15BrN4S/c1-8(5-10-7-15-6-9(2)16-10)11-12(14)17-13(19-4)18(11)3/h6-7H,1,5H2,2-4H3. The van der Waals surface area contributed by atoms with E-state index in [4.69, 9.17) is 0 Å². The highest BCUT2D eigenvalue weighted by Gasteiger charge is 2.15. The number of hydrogen-bond donors (Lipinski definition) is 0. The maximum Gasteiger partial charge on any atom is 0.169 e. The lowest BCUT2D eigenvalue weighted by Gasteiger charge is -2.08. The number of aryl methyl sites for hydroxylation is 1. The van der Waals surface area contributed by atoms with Gasteiger partial charge in [0.25, 0.3) is 0 Å². The van der Waals surface area contributed by atoms with Crippen molar-refractivity contribution < 1.29 is 0 Å². The zero-order chi connectivity index (χ0) is 14.0. The number of allylic oxidation sites excluding steroid dienone is 1. The van der Waals surface area contributed by atoms with Gasteiger partial charge in [-0.2, -0.15) is 0 Å². The third-order valence-corrected chi connectivity index (χ3v) is 4.01. The monoisotopic (exact) mass is 338 g/mol. The molecule has 0 aromatic carbocycles. The van der Waals surface area contributed by atoms with Crippen LogP contribution < -0.4 is 0 Å². The van der Waals surface area contributed by atoms with Crippen molar-refractivity contribution in [1.29, 1.82) is 0 Å². The molecule has 0 unspecified atom stereocenters. The van der Waals surface area contributed by atoms with E-state index in [2.05, 4.69) is 37.5 Å². The van der Waals surface area contributed by atoms with Crippen LogP contribution in [0.1, 0.15) is 17.1 Å². The number of thioether (sulfide) groups is 1. The summed E-state index contributed by atoms with van der Waals surface area (Å²) in [6.07, 6.45) is 6.20. The van der Waals surface area contributed by atoms with Crippen LogP contribution in [0.5, 0.6) is 0 Å². The van der Waals surface area contributed by atoms with Crippen molar-refractivity contribution in [2.45, 2.75) is 18.5 Å². The predicted molar refractivity (Wildman–Crippen MR) is 82.2 cm³/mol. The first-order valence-electron chi connectivity index (χ1n) is 5.74. The molecule has 0 saturated carbocycles. The summed E-state index contributed by atoms with van der Waals surface area (Å²) in [5.74, 6) is 0. The molecule has 0 atom stereocenters. The van der Waals surface area contributed by atoms with E-state index in [-0.39, 0.29) is 0 Å². The van der Waals surface area contributed by atoms with E-state index < -0.39 is 0 Å². The molecule has 0 amide bonds. The largest absolute Gasteiger partial charge is 0.321 e. The van der Waals surface area contributed by atoms with Gasteiger partial charge in [-0.25, -0.2) is 4.98 Å². The molecule has 2 heterocycles. The third-order valence-electron chi connectivity index (χ3n) is 2.73. The maximum absolute atomic E-state index is 4.45. The number of rotatable bonds is 4. The van der Waals surface area contributed by atoms with Crippen molar-refractivity contribution in [3.05, 3.63) is 40.7 Å². The summed E-state index contributed by atoms with van der Waals surface area (Å²) in [4.78, 5) is 13.1. The summed E-state index contributed by atoms with van der Waals surface area (Å²) in [5.41, 5.74) is 3.82. The van der Waals surface area contributed by atoms with Crippen molar-refractivity contribution in [2.24, 2.45) is 7.05 Å². The number of nitrogens with zero attached hydrogens (tertiary/aromatic N) is 4. The Kier molecular flexibility index (Phi) is 4.42. The SMILES string of the molecule is C=C(Cc1cncc(C)n1)c1c(Br)nc(SC)n1C. The fourth-order valence-corrected chi connectivity index (χ4v) is 3.29. The zero-order valence-electron chi connectivity index (χ0n) is 11.1. The first-order valence-corrected chi connectivity index (χ1v) is 7.76. The van der Waals surface area contributed by atoms with E-state index in [0.29, 0.717) is 6.42 Å². The molecule has 19 heavy (non-hydrogen) atoms. The highest BCUT2D eigenvalue weighted by molar-refractivity contribution is 9.10. The molecule has 0 bridgehead atoms. The highest BCUT2D eigenvalue weighted by atomic mass is 79.9. The van der Waals surface area contributed by atoms with Crippen LogP contribution in [-0.4, -0.2) is 25.8 Å². The Balaban J connectivity index is 2.28. The van der Waals surface area contributed by atoms with Crippen molar-refractivity contribution >= 4 is 33.3 Å². The first kappa shape index (κ1) is 14.3. The summed E-state index contributed by atoms with van der Waals surface area (Å²) in [5, 5.41) is 0.957. The van der Waals surface area contributed by atoms with Crippen LogP contribution in [0.4, 0.5) is 0 Å². The van der Waals surface area contributed by atoms with Crippen LogP contribution in [-0.2, 0) is 13.5 Å². The predicted octanol–water partition coefficient (Wildman–Crippen LogP) is 3.26. The quantitative estimate of drug-likeness (QED) is 0.802. The van der Waals surface area contributed by atoms with Gasteiger partial charge in [-0.1, -0.05) is 18.3 Å². The fraction of sp³-hybridized carbons (Fsp3) is 0.308. The molecule has 0 saturated heterocycles. The Morgan fingerprint density at radius 3 is 2.74 bits per heavy atom. The average molecular weight is 339 g/mol. The van der Waals surface area contributed by atoms with Gasteiger partial charge < -0.3 is 4.57 Å². The molecule has 0 aliphatic rings. The molecule has 2 aromatic rings. The molecule has 100 valence electrons. The third kappa shape index (κ3) is 3.06. The Bertz CT molecular complexity index is 621. The van der Waals surface area contributed by atoms with Crippen molar-refractivity contribution in [3.8, 4) is 0 Å². The molecular formula is C13H15BrN4S. The molecule has 0 radical (unpaired) electrons. The highest BCUT2D eigenvalue weighted by Crippen LogP contribution is 2.28. The summed E-state index contributed by atoms with van der Waals surface area (Å²) < 4.78 is 2.87. The second-order valence-electron chi connectivity index (χ2n) is 4.23. The molecule has 6 heteroatoms. The smallest absolute Gasteiger partial charge is 0.169 e. The summed E-state index contributed by atoms with van der Waals surface area (Å²) in [6.45, 7) is 6.09. The molecule has 0 spiro atoms. The molecule has 0 fully saturated rings. The van der Waals surface area contributed by atoms with E-state index in [9.17, 15) is 0 Å². The second-order valence-corrected chi connectivity index (χ2v) is 5.75. The Labute approximate surface area is 125 Å². The molecule has 4 nitrogen and oxygen atoms in total. The van der Waals surface area contributed by atoms with Gasteiger partial charge in [0, 0.05) is 25.9 Å². The van der Waals surface area contributed by atoms with E-state index in [1.165, 1.54) is 0 Å². The van der Waals surface area contributed by atoms with Crippen LogP contribution in [0.3, 0.4) is 0 Å². The van der Waals surface area contributed by atoms with E-state index >= 15 is 0 Å². The lowest BCUT2D eigenvalue weighted by Crippen LogP contribution is -2.01. The van der Waals surface area contributed by atoms with E-state index in [1.54, 1.807) is 24.2 Å². The molecule has 2 aromatic heterocycles. The van der Waals surface area contributed by atoms with Crippen molar-refractivity contribution in [3.63, 3.8) is 0 Å². The molecule has 0 aliphatic heterocycles. The molecule has 0 aliphatic carbocycles. The van der Waals surface area contributed by atoms with Gasteiger partial charge in [0.15, 0.2) is 5.16 Å². The molecule has 0 N–H and O–H groups in total. The fourth-order valence-electron chi connectivity index (χ4n) is 1.91. The summed E-state index contributed by atoms with van der Waals surface area (Å²) in [6, 6.07) is 0. The van der Waals surface area contributed by atoms with E-state index in [1.807, 2.05) is 24.8 Å². The number of halogens is 1. The normalized spacial score (nSPS) is 10.7. The molecular weight excluding hydrogens is 324 g/mol. The minimum absolute atomic E-state index is 0.667. The second kappa shape index (κ2) is 5.88. The van der Waals surface area contributed by atoms with Gasteiger partial charge in [0.2, 0.25) is 0 Å². The minimum Gasteiger partial charge on any atom is -0.321 e. The topological polar surface area (TPSA) is 43.6 Å². The number of aromatic nitrogens is 4. The van der Waals surface area contributed by atoms with Crippen LogP contribution in [0.15, 0.2) is 28.7 Å². The first-order chi connectivity index (χ1) is 9.02. The summed E-state index contributed by atoms with van der Waals surface area (Å²) in [7, 11) is 1.99. The van der Waals surface area contributed by atoms with Gasteiger partial charge >= 0.3 is 0 Å². The lowest BCUT2D eigenvalue weighted by atomic mass is 10.1. The maximum atomic E-state index is 4.45. The van der Waals surface area contributed by atoms with E-state index in [0.717, 1.165) is 32.4 Å². The minimum atomic E-state index is 0.667. The van der Waals surface area contributed by atoms with Crippen LogP contribution in [0, 0.1) is 6.92 Å². The van der Waals surface area contributed by atoms with Gasteiger partial charge in [-0.3, -0.25) is 9.97 Å². The Morgan fingerprint density at radius 2 is 2.16 bits per heavy atom. The van der Waals surface area contributed by atoms with Gasteiger partial charge in [-0.05, 0) is 34.7 Å². The number of hydrogen-bond acceptors (Lipinski definition) is 4.